The van der Waals surface area contributed by atoms with Crippen molar-refractivity contribution in [2.24, 2.45) is 5.14 Å². The molecule has 0 aliphatic heterocycles. The number of sulfonamides is 1. The number of amides is 1. The van der Waals surface area contributed by atoms with E-state index < -0.39 is 10.0 Å². The van der Waals surface area contributed by atoms with Crippen LogP contribution in [0.3, 0.4) is 0 Å². The molecular weight excluding hydrogens is 344 g/mol. The zero-order valence-electron chi connectivity index (χ0n) is 11.8. The van der Waals surface area contributed by atoms with Crippen LogP contribution in [0.5, 0.6) is 0 Å². The van der Waals surface area contributed by atoms with Crippen molar-refractivity contribution in [1.82, 2.24) is 4.90 Å². The van der Waals surface area contributed by atoms with Crippen molar-refractivity contribution >= 4 is 31.9 Å². The summed E-state index contributed by atoms with van der Waals surface area (Å²) in [5.74, 6) is -0.185. The van der Waals surface area contributed by atoms with Crippen molar-refractivity contribution in [3.05, 3.63) is 27.7 Å². The lowest BCUT2D eigenvalue weighted by molar-refractivity contribution is 0.0764. The summed E-state index contributed by atoms with van der Waals surface area (Å²) in [5.41, 5.74) is 0.998. The number of carbonyl (C=O) groups excluding carboxylic acids is 1. The molecule has 20 heavy (non-hydrogen) atoms. The highest BCUT2D eigenvalue weighted by Gasteiger charge is 2.20. The van der Waals surface area contributed by atoms with Crippen LogP contribution in [0.15, 0.2) is 21.5 Å². The molecule has 0 unspecified atom stereocenters. The van der Waals surface area contributed by atoms with E-state index in [1.54, 1.807) is 17.9 Å². The number of hydrogen-bond acceptors (Lipinski definition) is 3. The number of halogens is 1. The van der Waals surface area contributed by atoms with Gasteiger partial charge in [0.15, 0.2) is 0 Å². The molecule has 0 fully saturated rings. The van der Waals surface area contributed by atoms with Gasteiger partial charge in [-0.2, -0.15) is 0 Å². The van der Waals surface area contributed by atoms with Gasteiger partial charge in [0.25, 0.3) is 5.91 Å². The van der Waals surface area contributed by atoms with E-state index in [4.69, 9.17) is 5.14 Å². The number of aryl methyl sites for hydroxylation is 1. The van der Waals surface area contributed by atoms with E-state index in [1.165, 1.54) is 6.07 Å². The summed E-state index contributed by atoms with van der Waals surface area (Å²) in [6.45, 7) is 6.81. The molecule has 0 heterocycles. The summed E-state index contributed by atoms with van der Waals surface area (Å²) < 4.78 is 23.5. The molecule has 0 spiro atoms. The highest BCUT2D eigenvalue weighted by Crippen LogP contribution is 2.27. The molecule has 0 atom stereocenters. The molecule has 0 radical (unpaired) electrons. The minimum absolute atomic E-state index is 0.0617. The molecule has 1 aromatic carbocycles. The highest BCUT2D eigenvalue weighted by molar-refractivity contribution is 9.10. The monoisotopic (exact) mass is 362 g/mol. The summed E-state index contributed by atoms with van der Waals surface area (Å²) in [6, 6.07) is 2.99. The first-order chi connectivity index (χ1) is 9.22. The van der Waals surface area contributed by atoms with Gasteiger partial charge in [-0.1, -0.05) is 6.92 Å². The van der Waals surface area contributed by atoms with E-state index in [0.717, 1.165) is 6.42 Å². The van der Waals surface area contributed by atoms with Gasteiger partial charge in [0.1, 0.15) is 0 Å². The summed E-state index contributed by atoms with van der Waals surface area (Å²) >= 11 is 3.20. The predicted octanol–water partition coefficient (Wildman–Crippen LogP) is 2.28. The Morgan fingerprint density at radius 2 is 1.95 bits per heavy atom. The Morgan fingerprint density at radius 1 is 1.35 bits per heavy atom. The van der Waals surface area contributed by atoms with Crippen LogP contribution >= 0.6 is 15.9 Å². The minimum Gasteiger partial charge on any atom is -0.339 e. The van der Waals surface area contributed by atoms with Crippen molar-refractivity contribution in [3.63, 3.8) is 0 Å². The lowest BCUT2D eigenvalue weighted by atomic mass is 10.1. The molecule has 2 N–H and O–H groups in total. The van der Waals surface area contributed by atoms with Crippen molar-refractivity contribution in [2.45, 2.75) is 32.1 Å². The molecule has 5 nitrogen and oxygen atoms in total. The van der Waals surface area contributed by atoms with E-state index in [-0.39, 0.29) is 10.8 Å². The number of hydrogen-bond donors (Lipinski definition) is 1. The second kappa shape index (κ2) is 6.69. The van der Waals surface area contributed by atoms with Crippen LogP contribution in [-0.4, -0.2) is 32.3 Å². The number of nitrogens with two attached hydrogens (primary N) is 1. The number of carbonyl (C=O) groups is 1. The van der Waals surface area contributed by atoms with Gasteiger partial charge < -0.3 is 4.90 Å². The molecule has 0 aliphatic carbocycles. The summed E-state index contributed by atoms with van der Waals surface area (Å²) in [6.07, 6.45) is 0.844. The van der Waals surface area contributed by atoms with Crippen LogP contribution in [0.2, 0.25) is 0 Å². The fourth-order valence-corrected chi connectivity index (χ4v) is 3.53. The first-order valence-corrected chi connectivity index (χ1v) is 8.68. The molecule has 7 heteroatoms. The van der Waals surface area contributed by atoms with Gasteiger partial charge >= 0.3 is 0 Å². The maximum absolute atomic E-state index is 12.4. The van der Waals surface area contributed by atoms with Crippen molar-refractivity contribution < 1.29 is 13.2 Å². The Kier molecular flexibility index (Phi) is 5.73. The fourth-order valence-electron chi connectivity index (χ4n) is 1.92. The van der Waals surface area contributed by atoms with E-state index in [1.807, 2.05) is 13.8 Å². The highest BCUT2D eigenvalue weighted by atomic mass is 79.9. The third kappa shape index (κ3) is 3.80. The largest absolute Gasteiger partial charge is 0.339 e. The van der Waals surface area contributed by atoms with Gasteiger partial charge in [-0.3, -0.25) is 4.79 Å². The van der Waals surface area contributed by atoms with E-state index in [0.29, 0.717) is 28.7 Å². The van der Waals surface area contributed by atoms with Crippen molar-refractivity contribution in [1.29, 1.82) is 0 Å². The molecule has 0 bridgehead atoms. The molecule has 0 aromatic heterocycles. The van der Waals surface area contributed by atoms with Crippen LogP contribution in [-0.2, 0) is 10.0 Å². The zero-order valence-corrected chi connectivity index (χ0v) is 14.2. The Bertz CT molecular complexity index is 614. The SMILES string of the molecule is CCCN(CC)C(=O)c1cc(C)c(Br)c(S(N)(=O)=O)c1. The zero-order chi connectivity index (χ0) is 15.5. The average molecular weight is 363 g/mol. The summed E-state index contributed by atoms with van der Waals surface area (Å²) in [7, 11) is -3.87. The standard InChI is InChI=1S/C13H19BrN2O3S/c1-4-6-16(5-2)13(17)10-7-9(3)12(14)11(8-10)20(15,18)19/h7-8H,4-6H2,1-3H3,(H2,15,18,19). The molecule has 0 saturated heterocycles. The van der Waals surface area contributed by atoms with E-state index in [9.17, 15) is 13.2 Å². The van der Waals surface area contributed by atoms with Gasteiger partial charge in [-0.25, -0.2) is 13.6 Å². The van der Waals surface area contributed by atoms with E-state index in [2.05, 4.69) is 15.9 Å². The number of benzene rings is 1. The predicted molar refractivity (Wildman–Crippen MR) is 82.1 cm³/mol. The summed E-state index contributed by atoms with van der Waals surface area (Å²) in [5, 5.41) is 5.18. The fraction of sp³-hybridized carbons (Fsp3) is 0.462. The Balaban J connectivity index is 3.34. The molecule has 1 rings (SSSR count). The van der Waals surface area contributed by atoms with E-state index >= 15 is 0 Å². The number of rotatable bonds is 5. The number of primary sulfonamides is 1. The quantitative estimate of drug-likeness (QED) is 0.872. The van der Waals surface area contributed by atoms with Crippen LogP contribution in [0, 0.1) is 6.92 Å². The molecule has 1 amide bonds. The maximum atomic E-state index is 12.4. The Hall–Kier alpha value is -0.920. The van der Waals surface area contributed by atoms with Crippen LogP contribution < -0.4 is 5.14 Å². The third-order valence-corrected chi connectivity index (χ3v) is 5.19. The number of nitrogens with zero attached hydrogens (tertiary/aromatic N) is 1. The molecule has 0 saturated carbocycles. The second-order valence-corrected chi connectivity index (χ2v) is 6.86. The molecular formula is C13H19BrN2O3S. The van der Waals surface area contributed by atoms with Gasteiger partial charge in [-0.05, 0) is 53.9 Å². The Labute approximate surface area is 128 Å². The van der Waals surface area contributed by atoms with Gasteiger partial charge in [0.05, 0.1) is 4.90 Å². The minimum atomic E-state index is -3.87. The first-order valence-electron chi connectivity index (χ1n) is 6.34. The maximum Gasteiger partial charge on any atom is 0.253 e. The van der Waals surface area contributed by atoms with Gasteiger partial charge in [0, 0.05) is 23.1 Å². The third-order valence-electron chi connectivity index (χ3n) is 2.94. The average Bonchev–Trinajstić information content (AvgIpc) is 2.36. The normalized spacial score (nSPS) is 11.4. The lowest BCUT2D eigenvalue weighted by Gasteiger charge is -2.21. The Morgan fingerprint density at radius 3 is 2.40 bits per heavy atom. The topological polar surface area (TPSA) is 80.5 Å². The summed E-state index contributed by atoms with van der Waals surface area (Å²) in [4.78, 5) is 14.0. The first kappa shape index (κ1) is 17.1. The van der Waals surface area contributed by atoms with Gasteiger partial charge in [0.2, 0.25) is 10.0 Å². The van der Waals surface area contributed by atoms with Crippen molar-refractivity contribution in [3.8, 4) is 0 Å². The van der Waals surface area contributed by atoms with Crippen molar-refractivity contribution in [2.75, 3.05) is 13.1 Å². The molecule has 0 aliphatic rings. The lowest BCUT2D eigenvalue weighted by Crippen LogP contribution is -2.31. The van der Waals surface area contributed by atoms with Crippen LogP contribution in [0.4, 0.5) is 0 Å². The second-order valence-electron chi connectivity index (χ2n) is 4.54. The van der Waals surface area contributed by atoms with Crippen LogP contribution in [0.1, 0.15) is 36.2 Å². The molecule has 1 aromatic rings. The smallest absolute Gasteiger partial charge is 0.253 e. The molecule has 112 valence electrons. The van der Waals surface area contributed by atoms with Gasteiger partial charge in [-0.15, -0.1) is 0 Å². The van der Waals surface area contributed by atoms with Crippen LogP contribution in [0.25, 0.3) is 0 Å².